The van der Waals surface area contributed by atoms with Crippen LogP contribution in [0.25, 0.3) is 22.4 Å². The second-order valence-electron chi connectivity index (χ2n) is 6.37. The molecule has 30 heavy (non-hydrogen) atoms. The molecule has 0 bridgehead atoms. The van der Waals surface area contributed by atoms with Gasteiger partial charge in [-0.2, -0.15) is 5.10 Å². The molecule has 2 aromatic heterocycles. The number of amides is 2. The van der Waals surface area contributed by atoms with Crippen LogP contribution in [-0.4, -0.2) is 33.4 Å². The third-order valence-electron chi connectivity index (χ3n) is 4.31. The number of carbonyl (C=O) groups is 2. The highest BCUT2D eigenvalue weighted by Gasteiger charge is 2.19. The average Bonchev–Trinajstić information content (AvgIpc) is 3.36. The molecule has 0 fully saturated rings. The molecule has 2 amide bonds. The van der Waals surface area contributed by atoms with Crippen LogP contribution in [0.5, 0.6) is 0 Å². The number of carbonyl (C=O) groups excluding carboxylic acids is 2. The number of nitrogens with zero attached hydrogens (tertiary/aromatic N) is 3. The molecule has 0 unspecified atom stereocenters. The zero-order valence-electron chi connectivity index (χ0n) is 16.0. The number of fused-ring (bicyclic) bond motifs is 1. The highest BCUT2D eigenvalue weighted by Crippen LogP contribution is 2.26. The van der Waals surface area contributed by atoms with Crippen molar-refractivity contribution in [1.82, 2.24) is 20.1 Å². The molecule has 0 saturated carbocycles. The van der Waals surface area contributed by atoms with Crippen molar-refractivity contribution in [1.29, 1.82) is 0 Å². The Labute approximate surface area is 176 Å². The molecule has 4 rings (SSSR count). The van der Waals surface area contributed by atoms with E-state index < -0.39 is 12.0 Å². The minimum atomic E-state index is -0.829. The molecule has 0 aliphatic rings. The molecule has 0 aliphatic heterocycles. The first-order valence-electron chi connectivity index (χ1n) is 9.18. The van der Waals surface area contributed by atoms with E-state index >= 15 is 0 Å². The van der Waals surface area contributed by atoms with Gasteiger partial charge < -0.3 is 9.15 Å². The summed E-state index contributed by atoms with van der Waals surface area (Å²) in [6, 6.07) is 12.7. The Hall–Kier alpha value is -3.65. The summed E-state index contributed by atoms with van der Waals surface area (Å²) in [5, 5.41) is 7.53. The normalized spacial score (nSPS) is 10.9. The maximum absolute atomic E-state index is 12.6. The molecule has 8 nitrogen and oxygen atoms in total. The van der Waals surface area contributed by atoms with Crippen LogP contribution in [0.15, 0.2) is 59.3 Å². The van der Waals surface area contributed by atoms with Crippen LogP contribution < -0.4 is 5.32 Å². The Morgan fingerprint density at radius 3 is 2.77 bits per heavy atom. The maximum atomic E-state index is 12.6. The van der Waals surface area contributed by atoms with E-state index in [0.717, 1.165) is 5.56 Å². The van der Waals surface area contributed by atoms with Gasteiger partial charge in [-0.15, -0.1) is 0 Å². The van der Waals surface area contributed by atoms with Crippen LogP contribution >= 0.6 is 11.6 Å². The third-order valence-corrected chi connectivity index (χ3v) is 4.53. The SMILES string of the molecule is CCOC(=O)NC(=O)c1cc(Cl)cc2cnn(Cc3cnc(-c4ccccc4)o3)c12. The van der Waals surface area contributed by atoms with Gasteiger partial charge in [-0.3, -0.25) is 14.8 Å². The van der Waals surface area contributed by atoms with E-state index in [4.69, 9.17) is 20.8 Å². The Balaban J connectivity index is 1.66. The van der Waals surface area contributed by atoms with Crippen molar-refractivity contribution in [3.63, 3.8) is 0 Å². The predicted octanol–water partition coefficient (Wildman–Crippen LogP) is 4.28. The second-order valence-corrected chi connectivity index (χ2v) is 6.80. The molecule has 0 aliphatic carbocycles. The molecular formula is C21H17ClN4O4. The number of aromatic nitrogens is 3. The first-order chi connectivity index (χ1) is 14.5. The molecule has 2 heterocycles. The molecule has 2 aromatic carbocycles. The maximum Gasteiger partial charge on any atom is 0.414 e. The zero-order valence-corrected chi connectivity index (χ0v) is 16.7. The van der Waals surface area contributed by atoms with Crippen LogP contribution in [0.3, 0.4) is 0 Å². The van der Waals surface area contributed by atoms with Gasteiger partial charge in [0.15, 0.2) is 0 Å². The van der Waals surface area contributed by atoms with E-state index in [2.05, 4.69) is 15.4 Å². The van der Waals surface area contributed by atoms with E-state index in [1.807, 2.05) is 30.3 Å². The second kappa shape index (κ2) is 8.38. The van der Waals surface area contributed by atoms with Gasteiger partial charge in [0.25, 0.3) is 5.91 Å². The van der Waals surface area contributed by atoms with Gasteiger partial charge in [-0.05, 0) is 31.2 Å². The van der Waals surface area contributed by atoms with E-state index in [1.54, 1.807) is 30.1 Å². The van der Waals surface area contributed by atoms with Gasteiger partial charge in [-0.1, -0.05) is 29.8 Å². The van der Waals surface area contributed by atoms with Gasteiger partial charge >= 0.3 is 6.09 Å². The van der Waals surface area contributed by atoms with Crippen LogP contribution in [0.4, 0.5) is 4.79 Å². The summed E-state index contributed by atoms with van der Waals surface area (Å²) in [5.74, 6) is 0.418. The van der Waals surface area contributed by atoms with Gasteiger partial charge in [0, 0.05) is 16.0 Å². The van der Waals surface area contributed by atoms with E-state index in [9.17, 15) is 9.59 Å². The number of oxazole rings is 1. The van der Waals surface area contributed by atoms with Crippen molar-refractivity contribution in [3.8, 4) is 11.5 Å². The number of rotatable bonds is 5. The number of benzene rings is 2. The lowest BCUT2D eigenvalue weighted by Crippen LogP contribution is -2.31. The summed E-state index contributed by atoms with van der Waals surface area (Å²) >= 11 is 6.14. The smallest absolute Gasteiger partial charge is 0.414 e. The quantitative estimate of drug-likeness (QED) is 0.513. The van der Waals surface area contributed by atoms with E-state index in [-0.39, 0.29) is 18.7 Å². The van der Waals surface area contributed by atoms with Crippen molar-refractivity contribution in [3.05, 3.63) is 71.2 Å². The fraction of sp³-hybridized carbons (Fsp3) is 0.143. The average molecular weight is 425 g/mol. The Bertz CT molecular complexity index is 1220. The number of alkyl carbamates (subject to hydrolysis) is 1. The summed E-state index contributed by atoms with van der Waals surface area (Å²) in [6.07, 6.45) is 2.38. The topological polar surface area (TPSA) is 99.2 Å². The molecule has 152 valence electrons. The minimum absolute atomic E-state index is 0.150. The number of hydrogen-bond acceptors (Lipinski definition) is 6. The molecular weight excluding hydrogens is 408 g/mol. The number of imide groups is 1. The minimum Gasteiger partial charge on any atom is -0.450 e. The largest absolute Gasteiger partial charge is 0.450 e. The Morgan fingerprint density at radius 1 is 1.20 bits per heavy atom. The summed E-state index contributed by atoms with van der Waals surface area (Å²) in [7, 11) is 0. The Kier molecular flexibility index (Phi) is 5.49. The molecule has 0 saturated heterocycles. The molecule has 4 aromatic rings. The van der Waals surface area contributed by atoms with Gasteiger partial charge in [0.2, 0.25) is 5.89 Å². The molecule has 0 radical (unpaired) electrons. The summed E-state index contributed by atoms with van der Waals surface area (Å²) in [6.45, 7) is 2.04. The van der Waals surface area contributed by atoms with Crippen molar-refractivity contribution in [2.45, 2.75) is 13.5 Å². The van der Waals surface area contributed by atoms with E-state index in [0.29, 0.717) is 27.6 Å². The van der Waals surface area contributed by atoms with Crippen molar-refractivity contribution in [2.24, 2.45) is 0 Å². The van der Waals surface area contributed by atoms with Gasteiger partial charge in [0.1, 0.15) is 12.3 Å². The number of halogens is 1. The summed E-state index contributed by atoms with van der Waals surface area (Å²) < 4.78 is 12.2. The monoisotopic (exact) mass is 424 g/mol. The first-order valence-corrected chi connectivity index (χ1v) is 9.56. The lowest BCUT2D eigenvalue weighted by Gasteiger charge is -2.08. The van der Waals surface area contributed by atoms with Crippen molar-refractivity contribution in [2.75, 3.05) is 6.61 Å². The fourth-order valence-corrected chi connectivity index (χ4v) is 3.29. The molecule has 1 N–H and O–H groups in total. The van der Waals surface area contributed by atoms with Gasteiger partial charge in [0.05, 0.1) is 30.1 Å². The van der Waals surface area contributed by atoms with Crippen molar-refractivity contribution < 1.29 is 18.7 Å². The lowest BCUT2D eigenvalue weighted by atomic mass is 10.1. The van der Waals surface area contributed by atoms with Crippen LogP contribution in [-0.2, 0) is 11.3 Å². The third kappa shape index (κ3) is 4.04. The predicted molar refractivity (Wildman–Crippen MR) is 110 cm³/mol. The van der Waals surface area contributed by atoms with Gasteiger partial charge in [-0.25, -0.2) is 9.78 Å². The van der Waals surface area contributed by atoms with Crippen molar-refractivity contribution >= 4 is 34.5 Å². The van der Waals surface area contributed by atoms with E-state index in [1.165, 1.54) is 6.07 Å². The van der Waals surface area contributed by atoms with Crippen LogP contribution in [0, 0.1) is 0 Å². The molecule has 0 spiro atoms. The highest BCUT2D eigenvalue weighted by molar-refractivity contribution is 6.32. The standard InChI is InChI=1S/C21H17ClN4O4/c1-2-29-21(28)25-19(27)17-9-15(22)8-14-10-24-26(18(14)17)12-16-11-23-20(30-16)13-6-4-3-5-7-13/h3-11H,2,12H2,1H3,(H,25,27,28). The van der Waals surface area contributed by atoms with Crippen LogP contribution in [0.2, 0.25) is 5.02 Å². The Morgan fingerprint density at radius 2 is 2.00 bits per heavy atom. The lowest BCUT2D eigenvalue weighted by molar-refractivity contribution is 0.0926. The summed E-state index contributed by atoms with van der Waals surface area (Å²) in [5.41, 5.74) is 1.57. The number of hydrogen-bond donors (Lipinski definition) is 1. The number of nitrogens with one attached hydrogen (secondary N) is 1. The van der Waals surface area contributed by atoms with Crippen LogP contribution in [0.1, 0.15) is 23.0 Å². The molecule has 9 heteroatoms. The number of ether oxygens (including phenoxy) is 1. The highest BCUT2D eigenvalue weighted by atomic mass is 35.5. The zero-order chi connectivity index (χ0) is 21.1. The molecule has 0 atom stereocenters. The first kappa shape index (κ1) is 19.7. The fourth-order valence-electron chi connectivity index (χ4n) is 3.06. The summed E-state index contributed by atoms with van der Waals surface area (Å²) in [4.78, 5) is 28.6.